The van der Waals surface area contributed by atoms with Crippen molar-refractivity contribution >= 4 is 17.2 Å². The van der Waals surface area contributed by atoms with E-state index in [1.165, 1.54) is 6.20 Å². The molecule has 0 saturated heterocycles. The maximum Gasteiger partial charge on any atom is 0.333 e. The minimum absolute atomic E-state index is 0.0801. The molecule has 2 aromatic heterocycles. The van der Waals surface area contributed by atoms with Crippen LogP contribution < -0.4 is 10.6 Å². The monoisotopic (exact) mass is 290 g/mol. The highest BCUT2D eigenvalue weighted by Crippen LogP contribution is 2.34. The van der Waals surface area contributed by atoms with Gasteiger partial charge in [0, 0.05) is 24.7 Å². The Kier molecular flexibility index (Phi) is 3.25. The number of nitrogens with zero attached hydrogens (tertiary/aromatic N) is 5. The second-order valence-corrected chi connectivity index (χ2v) is 5.29. The fourth-order valence-corrected chi connectivity index (χ4v) is 2.88. The van der Waals surface area contributed by atoms with Crippen molar-refractivity contribution in [3.63, 3.8) is 0 Å². The summed E-state index contributed by atoms with van der Waals surface area (Å²) in [5.41, 5.74) is 7.76. The Balaban J connectivity index is 2.29. The molecule has 0 bridgehead atoms. The third-order valence-electron chi connectivity index (χ3n) is 4.17. The van der Waals surface area contributed by atoms with E-state index in [1.54, 1.807) is 4.52 Å². The zero-order valence-electron chi connectivity index (χ0n) is 12.1. The van der Waals surface area contributed by atoms with Crippen LogP contribution in [0.3, 0.4) is 0 Å². The van der Waals surface area contributed by atoms with Crippen molar-refractivity contribution < 1.29 is 4.92 Å². The van der Waals surface area contributed by atoms with Gasteiger partial charge in [-0.15, -0.1) is 0 Å². The predicted octanol–water partition coefficient (Wildman–Crippen LogP) is 1.26. The van der Waals surface area contributed by atoms with Gasteiger partial charge in [0.2, 0.25) is 5.65 Å². The van der Waals surface area contributed by atoms with Crippen molar-refractivity contribution in [2.24, 2.45) is 5.73 Å². The quantitative estimate of drug-likeness (QED) is 0.671. The topological polar surface area (TPSA) is 103 Å². The number of hydrogen-bond acceptors (Lipinski definition) is 6. The Bertz CT molecular complexity index is 710. The molecule has 112 valence electrons. The highest BCUT2D eigenvalue weighted by molar-refractivity contribution is 5.67. The maximum absolute atomic E-state index is 11.1. The fourth-order valence-electron chi connectivity index (χ4n) is 2.88. The summed E-state index contributed by atoms with van der Waals surface area (Å²) in [5.74, 6) is 0.905. The number of hydrogen-bond donors (Lipinski definition) is 1. The van der Waals surface area contributed by atoms with Gasteiger partial charge in [-0.05, 0) is 19.8 Å². The number of aromatic nitrogens is 3. The fraction of sp³-hybridized carbons (Fsp3) is 0.538. The Morgan fingerprint density at radius 3 is 2.95 bits per heavy atom. The lowest BCUT2D eigenvalue weighted by molar-refractivity contribution is -0.383. The van der Waals surface area contributed by atoms with Gasteiger partial charge in [0.25, 0.3) is 0 Å². The molecule has 2 N–H and O–H groups in total. The van der Waals surface area contributed by atoms with Crippen molar-refractivity contribution in [1.29, 1.82) is 0 Å². The molecule has 0 saturated carbocycles. The van der Waals surface area contributed by atoms with E-state index in [0.29, 0.717) is 6.04 Å². The summed E-state index contributed by atoms with van der Waals surface area (Å²) in [6.45, 7) is 5.40. The number of anilines is 1. The van der Waals surface area contributed by atoms with E-state index in [-0.39, 0.29) is 17.9 Å². The van der Waals surface area contributed by atoms with E-state index >= 15 is 0 Å². The van der Waals surface area contributed by atoms with Crippen LogP contribution in [-0.4, -0.2) is 32.1 Å². The van der Waals surface area contributed by atoms with Crippen LogP contribution in [0.15, 0.2) is 6.20 Å². The highest BCUT2D eigenvalue weighted by atomic mass is 16.6. The standard InChI is InChI=1S/C13H18N6O2/c1-3-8(2)17-5-4-9-10(6-14)16-12-11(19(20)21)7-15-18(12)13(9)17/h7-8H,3-6,14H2,1-2H3. The van der Waals surface area contributed by atoms with Crippen LogP contribution in [0.1, 0.15) is 31.5 Å². The average Bonchev–Trinajstić information content (AvgIpc) is 3.08. The van der Waals surface area contributed by atoms with Crippen LogP contribution in [-0.2, 0) is 13.0 Å². The number of nitrogens with two attached hydrogens (primary N) is 1. The first-order valence-electron chi connectivity index (χ1n) is 7.09. The molecular formula is C13H18N6O2. The molecule has 0 amide bonds. The molecule has 2 aromatic rings. The van der Waals surface area contributed by atoms with E-state index in [1.807, 2.05) is 0 Å². The van der Waals surface area contributed by atoms with Crippen LogP contribution in [0.5, 0.6) is 0 Å². The zero-order valence-corrected chi connectivity index (χ0v) is 12.1. The molecule has 8 nitrogen and oxygen atoms in total. The summed E-state index contributed by atoms with van der Waals surface area (Å²) >= 11 is 0. The van der Waals surface area contributed by atoms with Gasteiger partial charge in [0.15, 0.2) is 0 Å². The van der Waals surface area contributed by atoms with Gasteiger partial charge in [-0.25, -0.2) is 4.98 Å². The smallest absolute Gasteiger partial charge is 0.333 e. The third-order valence-corrected chi connectivity index (χ3v) is 4.17. The van der Waals surface area contributed by atoms with Gasteiger partial charge >= 0.3 is 5.69 Å². The zero-order chi connectivity index (χ0) is 15.1. The van der Waals surface area contributed by atoms with Crippen LogP contribution in [0.25, 0.3) is 5.65 Å². The molecule has 0 fully saturated rings. The first kappa shape index (κ1) is 13.7. The van der Waals surface area contributed by atoms with Crippen molar-refractivity contribution in [3.8, 4) is 0 Å². The summed E-state index contributed by atoms with van der Waals surface area (Å²) in [4.78, 5) is 17.3. The Morgan fingerprint density at radius 1 is 1.57 bits per heavy atom. The van der Waals surface area contributed by atoms with E-state index in [4.69, 9.17) is 5.73 Å². The molecule has 0 radical (unpaired) electrons. The third kappa shape index (κ3) is 1.94. The molecule has 8 heteroatoms. The van der Waals surface area contributed by atoms with Crippen molar-refractivity contribution in [3.05, 3.63) is 27.6 Å². The molecule has 1 atom stereocenters. The van der Waals surface area contributed by atoms with E-state index < -0.39 is 4.92 Å². The summed E-state index contributed by atoms with van der Waals surface area (Å²) in [6.07, 6.45) is 3.10. The van der Waals surface area contributed by atoms with Gasteiger partial charge in [0.05, 0.1) is 10.6 Å². The van der Waals surface area contributed by atoms with Crippen LogP contribution >= 0.6 is 0 Å². The summed E-state index contributed by atoms with van der Waals surface area (Å²) in [7, 11) is 0. The van der Waals surface area contributed by atoms with Crippen LogP contribution in [0.4, 0.5) is 11.5 Å². The van der Waals surface area contributed by atoms with Crippen LogP contribution in [0.2, 0.25) is 0 Å². The lowest BCUT2D eigenvalue weighted by Crippen LogP contribution is -2.32. The minimum Gasteiger partial charge on any atom is -0.353 e. The largest absolute Gasteiger partial charge is 0.353 e. The first-order valence-corrected chi connectivity index (χ1v) is 7.09. The molecule has 1 aliphatic rings. The number of fused-ring (bicyclic) bond motifs is 3. The van der Waals surface area contributed by atoms with E-state index in [0.717, 1.165) is 36.5 Å². The molecule has 0 aliphatic carbocycles. The van der Waals surface area contributed by atoms with Gasteiger partial charge in [-0.3, -0.25) is 10.1 Å². The molecule has 1 unspecified atom stereocenters. The average molecular weight is 290 g/mol. The molecule has 1 aliphatic heterocycles. The Labute approximate surface area is 121 Å². The van der Waals surface area contributed by atoms with Gasteiger partial charge < -0.3 is 10.6 Å². The number of nitro groups is 1. The Morgan fingerprint density at radius 2 is 2.33 bits per heavy atom. The van der Waals surface area contributed by atoms with Gasteiger partial charge in [-0.1, -0.05) is 6.92 Å². The van der Waals surface area contributed by atoms with Gasteiger partial charge in [-0.2, -0.15) is 9.61 Å². The Hall–Kier alpha value is -2.22. The second-order valence-electron chi connectivity index (χ2n) is 5.29. The lowest BCUT2D eigenvalue weighted by Gasteiger charge is -2.26. The number of rotatable bonds is 4. The highest BCUT2D eigenvalue weighted by Gasteiger charge is 2.31. The normalized spacial score (nSPS) is 15.5. The summed E-state index contributed by atoms with van der Waals surface area (Å²) in [5, 5.41) is 15.3. The van der Waals surface area contributed by atoms with E-state index in [2.05, 4.69) is 28.8 Å². The molecule has 0 spiro atoms. The van der Waals surface area contributed by atoms with Crippen molar-refractivity contribution in [2.45, 2.75) is 39.3 Å². The lowest BCUT2D eigenvalue weighted by atomic mass is 10.2. The van der Waals surface area contributed by atoms with Gasteiger partial charge in [0.1, 0.15) is 12.0 Å². The molecule has 0 aromatic carbocycles. The molecule has 21 heavy (non-hydrogen) atoms. The maximum atomic E-state index is 11.1. The first-order chi connectivity index (χ1) is 10.1. The summed E-state index contributed by atoms with van der Waals surface area (Å²) in [6, 6.07) is 0.339. The predicted molar refractivity (Wildman–Crippen MR) is 78.3 cm³/mol. The summed E-state index contributed by atoms with van der Waals surface area (Å²) < 4.78 is 1.59. The van der Waals surface area contributed by atoms with E-state index in [9.17, 15) is 10.1 Å². The van der Waals surface area contributed by atoms with Crippen molar-refractivity contribution in [1.82, 2.24) is 14.6 Å². The molecule has 3 rings (SSSR count). The second kappa shape index (κ2) is 4.96. The molecular weight excluding hydrogens is 272 g/mol. The van der Waals surface area contributed by atoms with Crippen molar-refractivity contribution in [2.75, 3.05) is 11.4 Å². The minimum atomic E-state index is -0.454. The molecule has 3 heterocycles. The SMILES string of the molecule is CCC(C)N1CCc2c(CN)nc3c([N+](=O)[O-])cnn3c21. The van der Waals surface area contributed by atoms with Crippen LogP contribution in [0, 0.1) is 10.1 Å².